The summed E-state index contributed by atoms with van der Waals surface area (Å²) in [6.07, 6.45) is 0.460. The highest BCUT2D eigenvalue weighted by molar-refractivity contribution is 5.74. The molecule has 1 aromatic rings. The van der Waals surface area contributed by atoms with Crippen LogP contribution < -0.4 is 0 Å². The molecular weight excluding hydrogens is 168 g/mol. The standard InChI is InChI=1S/C8H6N4O/c13-5-6-1-3-7(4-2-6)8-9-11-12-10-8/h1-5,8H. The van der Waals surface area contributed by atoms with Gasteiger partial charge in [-0.25, -0.2) is 0 Å². The van der Waals surface area contributed by atoms with Crippen molar-refractivity contribution in [3.05, 3.63) is 35.4 Å². The van der Waals surface area contributed by atoms with Crippen LogP contribution in [0.5, 0.6) is 0 Å². The first-order valence-electron chi connectivity index (χ1n) is 3.75. The Morgan fingerprint density at radius 2 is 1.69 bits per heavy atom. The van der Waals surface area contributed by atoms with E-state index in [0.29, 0.717) is 5.56 Å². The van der Waals surface area contributed by atoms with E-state index < -0.39 is 0 Å². The smallest absolute Gasteiger partial charge is 0.210 e. The fourth-order valence-electron chi connectivity index (χ4n) is 1.05. The molecule has 5 nitrogen and oxygen atoms in total. The number of benzene rings is 1. The zero-order valence-corrected chi connectivity index (χ0v) is 6.66. The minimum atomic E-state index is -0.333. The van der Waals surface area contributed by atoms with Crippen LogP contribution in [0.25, 0.3) is 0 Å². The third kappa shape index (κ3) is 1.48. The van der Waals surface area contributed by atoms with Gasteiger partial charge in [-0.05, 0) is 10.4 Å². The summed E-state index contributed by atoms with van der Waals surface area (Å²) in [6, 6.07) is 7.01. The molecular formula is C8H6N4O. The number of nitrogens with zero attached hydrogens (tertiary/aromatic N) is 4. The van der Waals surface area contributed by atoms with Gasteiger partial charge >= 0.3 is 0 Å². The molecule has 0 radical (unpaired) electrons. The Bertz CT molecular complexity index is 356. The van der Waals surface area contributed by atoms with E-state index in [2.05, 4.69) is 20.7 Å². The monoisotopic (exact) mass is 174 g/mol. The number of carbonyl (C=O) groups excluding carboxylic acids is 1. The van der Waals surface area contributed by atoms with E-state index in [1.165, 1.54) is 0 Å². The fraction of sp³-hybridized carbons (Fsp3) is 0.125. The molecule has 2 rings (SSSR count). The summed E-state index contributed by atoms with van der Waals surface area (Å²) < 4.78 is 0. The molecule has 1 heterocycles. The first kappa shape index (κ1) is 7.72. The Morgan fingerprint density at radius 3 is 2.23 bits per heavy atom. The van der Waals surface area contributed by atoms with Crippen molar-refractivity contribution in [2.75, 3.05) is 0 Å². The van der Waals surface area contributed by atoms with E-state index in [-0.39, 0.29) is 6.17 Å². The van der Waals surface area contributed by atoms with Crippen LogP contribution in [0.1, 0.15) is 22.1 Å². The van der Waals surface area contributed by atoms with Crippen molar-refractivity contribution < 1.29 is 4.79 Å². The molecule has 1 aliphatic heterocycles. The quantitative estimate of drug-likeness (QED) is 0.634. The number of rotatable bonds is 2. The number of hydrogen-bond acceptors (Lipinski definition) is 5. The normalized spacial score (nSPS) is 15.1. The van der Waals surface area contributed by atoms with Crippen molar-refractivity contribution in [3.8, 4) is 0 Å². The van der Waals surface area contributed by atoms with Crippen LogP contribution >= 0.6 is 0 Å². The van der Waals surface area contributed by atoms with E-state index in [0.717, 1.165) is 11.8 Å². The Morgan fingerprint density at radius 1 is 1.08 bits per heavy atom. The van der Waals surface area contributed by atoms with E-state index >= 15 is 0 Å². The molecule has 0 aromatic heterocycles. The minimum Gasteiger partial charge on any atom is -0.298 e. The van der Waals surface area contributed by atoms with Gasteiger partial charge in [0.15, 0.2) is 0 Å². The van der Waals surface area contributed by atoms with Gasteiger partial charge in [-0.1, -0.05) is 24.3 Å². The van der Waals surface area contributed by atoms with Crippen molar-refractivity contribution in [3.63, 3.8) is 0 Å². The van der Waals surface area contributed by atoms with Gasteiger partial charge in [0.2, 0.25) is 6.17 Å². The third-order valence-corrected chi connectivity index (χ3v) is 1.73. The molecule has 0 saturated heterocycles. The van der Waals surface area contributed by atoms with Crippen molar-refractivity contribution in [1.29, 1.82) is 0 Å². The van der Waals surface area contributed by atoms with Crippen LogP contribution in [0.15, 0.2) is 44.9 Å². The Hall–Kier alpha value is -1.91. The lowest BCUT2D eigenvalue weighted by molar-refractivity contribution is 0.112. The second-order valence-electron chi connectivity index (χ2n) is 2.57. The summed E-state index contributed by atoms with van der Waals surface area (Å²) in [5.74, 6) is 0. The molecule has 0 unspecified atom stereocenters. The van der Waals surface area contributed by atoms with Gasteiger partial charge in [-0.15, -0.1) is 10.2 Å². The number of hydrogen-bond donors (Lipinski definition) is 0. The molecule has 5 heteroatoms. The maximum Gasteiger partial charge on any atom is 0.210 e. The van der Waals surface area contributed by atoms with Gasteiger partial charge in [0.25, 0.3) is 0 Å². The SMILES string of the molecule is O=Cc1ccc(C2N=NN=N2)cc1. The lowest BCUT2D eigenvalue weighted by atomic mass is 10.1. The molecule has 0 atom stereocenters. The zero-order chi connectivity index (χ0) is 9.10. The van der Waals surface area contributed by atoms with Gasteiger partial charge in [0, 0.05) is 11.1 Å². The molecule has 0 spiro atoms. The first-order valence-corrected chi connectivity index (χ1v) is 3.75. The van der Waals surface area contributed by atoms with E-state index in [4.69, 9.17) is 0 Å². The van der Waals surface area contributed by atoms with Crippen molar-refractivity contribution in [2.45, 2.75) is 6.17 Å². The summed E-state index contributed by atoms with van der Waals surface area (Å²) in [5, 5.41) is 14.3. The highest BCUT2D eigenvalue weighted by Crippen LogP contribution is 2.23. The minimum absolute atomic E-state index is 0.333. The Balaban J connectivity index is 2.27. The van der Waals surface area contributed by atoms with Crippen molar-refractivity contribution >= 4 is 6.29 Å². The molecule has 0 aliphatic carbocycles. The van der Waals surface area contributed by atoms with Crippen LogP contribution in [0.4, 0.5) is 0 Å². The zero-order valence-electron chi connectivity index (χ0n) is 6.66. The third-order valence-electron chi connectivity index (χ3n) is 1.73. The average Bonchev–Trinajstić information content (AvgIpc) is 2.71. The summed E-state index contributed by atoms with van der Waals surface area (Å²) in [6.45, 7) is 0. The lowest BCUT2D eigenvalue weighted by Gasteiger charge is -2.00. The molecule has 64 valence electrons. The van der Waals surface area contributed by atoms with E-state index in [1.807, 2.05) is 0 Å². The molecule has 1 aromatic carbocycles. The topological polar surface area (TPSA) is 66.5 Å². The maximum absolute atomic E-state index is 10.4. The predicted octanol–water partition coefficient (Wildman–Crippen LogP) is 2.33. The second-order valence-corrected chi connectivity index (χ2v) is 2.57. The van der Waals surface area contributed by atoms with E-state index in [1.54, 1.807) is 24.3 Å². The van der Waals surface area contributed by atoms with Crippen LogP contribution in [-0.2, 0) is 0 Å². The molecule has 0 fully saturated rings. The van der Waals surface area contributed by atoms with Crippen LogP contribution in [0.2, 0.25) is 0 Å². The summed E-state index contributed by atoms with van der Waals surface area (Å²) in [7, 11) is 0. The molecule has 0 bridgehead atoms. The number of carbonyl (C=O) groups is 1. The van der Waals surface area contributed by atoms with Crippen LogP contribution in [0, 0.1) is 0 Å². The van der Waals surface area contributed by atoms with E-state index in [9.17, 15) is 4.79 Å². The molecule has 0 saturated carbocycles. The van der Waals surface area contributed by atoms with Crippen LogP contribution in [0.3, 0.4) is 0 Å². The maximum atomic E-state index is 10.4. The van der Waals surface area contributed by atoms with Gasteiger partial charge < -0.3 is 0 Å². The summed E-state index contributed by atoms with van der Waals surface area (Å²) in [4.78, 5) is 10.4. The Labute approximate surface area is 74.2 Å². The molecule has 0 N–H and O–H groups in total. The predicted molar refractivity (Wildman–Crippen MR) is 44.3 cm³/mol. The van der Waals surface area contributed by atoms with Crippen molar-refractivity contribution in [2.24, 2.45) is 20.7 Å². The van der Waals surface area contributed by atoms with Crippen LogP contribution in [-0.4, -0.2) is 6.29 Å². The second kappa shape index (κ2) is 3.22. The van der Waals surface area contributed by atoms with Gasteiger partial charge in [0.1, 0.15) is 6.29 Å². The Kier molecular flexibility index (Phi) is 1.91. The van der Waals surface area contributed by atoms with Gasteiger partial charge in [-0.3, -0.25) is 4.79 Å². The highest BCUT2D eigenvalue weighted by Gasteiger charge is 2.11. The fourth-order valence-corrected chi connectivity index (χ4v) is 1.05. The lowest BCUT2D eigenvalue weighted by Crippen LogP contribution is -1.88. The molecule has 1 aliphatic rings. The van der Waals surface area contributed by atoms with Gasteiger partial charge in [0.05, 0.1) is 0 Å². The number of aldehydes is 1. The summed E-state index contributed by atoms with van der Waals surface area (Å²) >= 11 is 0. The first-order chi connectivity index (χ1) is 6.40. The highest BCUT2D eigenvalue weighted by atomic mass is 16.1. The van der Waals surface area contributed by atoms with Gasteiger partial charge in [-0.2, -0.15) is 0 Å². The van der Waals surface area contributed by atoms with Crippen molar-refractivity contribution in [1.82, 2.24) is 0 Å². The molecule has 13 heavy (non-hydrogen) atoms. The average molecular weight is 174 g/mol. The largest absolute Gasteiger partial charge is 0.298 e. The summed E-state index contributed by atoms with van der Waals surface area (Å²) in [5.41, 5.74) is 1.52. The molecule has 0 amide bonds.